The van der Waals surface area contributed by atoms with Crippen LogP contribution in [0.15, 0.2) is 12.3 Å². The van der Waals surface area contributed by atoms with Crippen molar-refractivity contribution in [2.24, 2.45) is 5.84 Å². The van der Waals surface area contributed by atoms with Crippen molar-refractivity contribution in [3.8, 4) is 0 Å². The molecular formula is C12H20N4OS. The Morgan fingerprint density at radius 2 is 2.28 bits per heavy atom. The van der Waals surface area contributed by atoms with Gasteiger partial charge in [-0.15, -0.1) is 0 Å². The highest BCUT2D eigenvalue weighted by atomic mass is 32.2. The predicted octanol–water partition coefficient (Wildman–Crippen LogP) is 1.55. The highest BCUT2D eigenvalue weighted by molar-refractivity contribution is 7.98. The number of aromatic nitrogens is 1. The molecule has 4 N–H and O–H groups in total. The molecule has 5 nitrogen and oxygen atoms in total. The first-order chi connectivity index (χ1) is 8.69. The molecule has 0 saturated heterocycles. The fourth-order valence-electron chi connectivity index (χ4n) is 1.53. The highest BCUT2D eigenvalue weighted by Crippen LogP contribution is 2.14. The number of nitrogens with two attached hydrogens (primary N) is 1. The molecule has 0 aliphatic rings. The van der Waals surface area contributed by atoms with E-state index >= 15 is 0 Å². The van der Waals surface area contributed by atoms with Crippen molar-refractivity contribution in [1.82, 2.24) is 10.3 Å². The maximum Gasteiger partial charge on any atom is 0.255 e. The largest absolute Gasteiger partial charge is 0.352 e. The third-order valence-corrected chi connectivity index (χ3v) is 3.20. The lowest BCUT2D eigenvalue weighted by atomic mass is 10.2. The van der Waals surface area contributed by atoms with Gasteiger partial charge in [0.1, 0.15) is 0 Å². The number of anilines is 1. The number of nitrogens with zero attached hydrogens (tertiary/aromatic N) is 1. The Kier molecular flexibility index (Phi) is 6.53. The van der Waals surface area contributed by atoms with E-state index in [2.05, 4.69) is 22.0 Å². The molecule has 1 rings (SSSR count). The van der Waals surface area contributed by atoms with E-state index in [1.54, 1.807) is 12.3 Å². The number of rotatable bonds is 7. The lowest BCUT2D eigenvalue weighted by molar-refractivity contribution is 0.0953. The van der Waals surface area contributed by atoms with E-state index in [1.165, 1.54) is 0 Å². The van der Waals surface area contributed by atoms with Gasteiger partial charge in [0.15, 0.2) is 0 Å². The molecular weight excluding hydrogens is 248 g/mol. The first kappa shape index (κ1) is 14.8. The molecule has 1 aromatic heterocycles. The molecule has 0 unspecified atom stereocenters. The summed E-state index contributed by atoms with van der Waals surface area (Å²) < 4.78 is 0. The molecule has 0 aromatic carbocycles. The zero-order valence-electron chi connectivity index (χ0n) is 10.8. The lowest BCUT2D eigenvalue weighted by Gasteiger charge is -2.09. The van der Waals surface area contributed by atoms with Gasteiger partial charge >= 0.3 is 0 Å². The van der Waals surface area contributed by atoms with Crippen LogP contribution in [-0.4, -0.2) is 29.4 Å². The van der Waals surface area contributed by atoms with Gasteiger partial charge in [-0.3, -0.25) is 15.6 Å². The molecule has 0 atom stereocenters. The Bertz CT molecular complexity index is 398. The standard InChI is InChI=1S/C12H20N4OS/c1-9-7-11(16-13)10(8-15-9)12(17)14-5-3-4-6-18-2/h7-8H,3-6,13H2,1-2H3,(H,14,17)(H,15,16). The van der Waals surface area contributed by atoms with Crippen LogP contribution in [0, 0.1) is 6.92 Å². The molecule has 0 aliphatic carbocycles. The molecule has 1 heterocycles. The van der Waals surface area contributed by atoms with Crippen molar-refractivity contribution in [2.45, 2.75) is 19.8 Å². The number of hydrogen-bond acceptors (Lipinski definition) is 5. The van der Waals surface area contributed by atoms with Crippen molar-refractivity contribution >= 4 is 23.4 Å². The van der Waals surface area contributed by atoms with Crippen molar-refractivity contribution in [3.05, 3.63) is 23.5 Å². The molecule has 100 valence electrons. The van der Waals surface area contributed by atoms with Crippen LogP contribution in [0.25, 0.3) is 0 Å². The molecule has 0 spiro atoms. The van der Waals surface area contributed by atoms with Gasteiger partial charge in [-0.05, 0) is 37.8 Å². The third-order valence-electron chi connectivity index (χ3n) is 2.50. The van der Waals surface area contributed by atoms with Gasteiger partial charge in [0, 0.05) is 18.4 Å². The summed E-state index contributed by atoms with van der Waals surface area (Å²) in [5.74, 6) is 6.37. The molecule has 0 saturated carbocycles. The Morgan fingerprint density at radius 1 is 1.50 bits per heavy atom. The average molecular weight is 268 g/mol. The van der Waals surface area contributed by atoms with Crippen molar-refractivity contribution < 1.29 is 4.79 Å². The van der Waals surface area contributed by atoms with E-state index < -0.39 is 0 Å². The third kappa shape index (κ3) is 4.54. The van der Waals surface area contributed by atoms with E-state index in [-0.39, 0.29) is 5.91 Å². The van der Waals surface area contributed by atoms with Crippen LogP contribution in [-0.2, 0) is 0 Å². The normalized spacial score (nSPS) is 10.2. The van der Waals surface area contributed by atoms with E-state index in [0.29, 0.717) is 17.8 Å². The van der Waals surface area contributed by atoms with Gasteiger partial charge in [-0.1, -0.05) is 0 Å². The number of aryl methyl sites for hydroxylation is 1. The number of pyridine rings is 1. The minimum atomic E-state index is -0.139. The fourth-order valence-corrected chi connectivity index (χ4v) is 2.02. The molecule has 0 fully saturated rings. The summed E-state index contributed by atoms with van der Waals surface area (Å²) in [7, 11) is 0. The summed E-state index contributed by atoms with van der Waals surface area (Å²) in [5, 5.41) is 2.87. The zero-order chi connectivity index (χ0) is 13.4. The molecule has 1 amide bonds. The number of carbonyl (C=O) groups is 1. The molecule has 0 bridgehead atoms. The van der Waals surface area contributed by atoms with Crippen LogP contribution in [0.5, 0.6) is 0 Å². The number of hydrogen-bond donors (Lipinski definition) is 3. The number of thioether (sulfide) groups is 1. The minimum absolute atomic E-state index is 0.139. The Labute approximate surface area is 112 Å². The van der Waals surface area contributed by atoms with Crippen LogP contribution in [0.4, 0.5) is 5.69 Å². The van der Waals surface area contributed by atoms with Crippen LogP contribution in [0.1, 0.15) is 28.9 Å². The van der Waals surface area contributed by atoms with Crippen LogP contribution in [0.2, 0.25) is 0 Å². The van der Waals surface area contributed by atoms with Gasteiger partial charge < -0.3 is 10.7 Å². The van der Waals surface area contributed by atoms with E-state index in [1.807, 2.05) is 18.7 Å². The maximum absolute atomic E-state index is 11.9. The van der Waals surface area contributed by atoms with Gasteiger partial charge in [0.25, 0.3) is 5.91 Å². The number of carbonyl (C=O) groups excluding carboxylic acids is 1. The average Bonchev–Trinajstić information content (AvgIpc) is 2.38. The summed E-state index contributed by atoms with van der Waals surface area (Å²) in [5.41, 5.74) is 4.42. The summed E-state index contributed by atoms with van der Waals surface area (Å²) >= 11 is 1.82. The Balaban J connectivity index is 2.51. The second-order valence-electron chi connectivity index (χ2n) is 3.97. The fraction of sp³-hybridized carbons (Fsp3) is 0.500. The SMILES string of the molecule is CSCCCCNC(=O)c1cnc(C)cc1NN. The quantitative estimate of drug-likeness (QED) is 0.397. The smallest absolute Gasteiger partial charge is 0.255 e. The van der Waals surface area contributed by atoms with E-state index in [9.17, 15) is 4.79 Å². The summed E-state index contributed by atoms with van der Waals surface area (Å²) in [6, 6.07) is 1.75. The summed E-state index contributed by atoms with van der Waals surface area (Å²) in [6.45, 7) is 2.53. The van der Waals surface area contributed by atoms with Crippen LogP contribution < -0.4 is 16.6 Å². The van der Waals surface area contributed by atoms with Gasteiger partial charge in [-0.25, -0.2) is 0 Å². The number of amides is 1. The number of hydrazine groups is 1. The van der Waals surface area contributed by atoms with Crippen molar-refractivity contribution in [1.29, 1.82) is 0 Å². The van der Waals surface area contributed by atoms with Crippen molar-refractivity contribution in [3.63, 3.8) is 0 Å². The minimum Gasteiger partial charge on any atom is -0.352 e. The summed E-state index contributed by atoms with van der Waals surface area (Å²) in [4.78, 5) is 16.0. The first-order valence-electron chi connectivity index (χ1n) is 5.89. The molecule has 1 aromatic rings. The number of nitrogens with one attached hydrogen (secondary N) is 2. The molecule has 0 aliphatic heterocycles. The molecule has 6 heteroatoms. The monoisotopic (exact) mass is 268 g/mol. The lowest BCUT2D eigenvalue weighted by Crippen LogP contribution is -2.26. The van der Waals surface area contributed by atoms with Gasteiger partial charge in [0.05, 0.1) is 11.3 Å². The zero-order valence-corrected chi connectivity index (χ0v) is 11.6. The van der Waals surface area contributed by atoms with Crippen LogP contribution in [0.3, 0.4) is 0 Å². The predicted molar refractivity (Wildman–Crippen MR) is 76.7 cm³/mol. The van der Waals surface area contributed by atoms with Gasteiger partial charge in [0.2, 0.25) is 0 Å². The Morgan fingerprint density at radius 3 is 2.94 bits per heavy atom. The summed E-state index contributed by atoms with van der Waals surface area (Å²) in [6.07, 6.45) is 5.71. The van der Waals surface area contributed by atoms with E-state index in [4.69, 9.17) is 5.84 Å². The maximum atomic E-state index is 11.9. The topological polar surface area (TPSA) is 80.0 Å². The first-order valence-corrected chi connectivity index (χ1v) is 7.28. The second-order valence-corrected chi connectivity index (χ2v) is 4.96. The van der Waals surface area contributed by atoms with E-state index in [0.717, 1.165) is 24.3 Å². The number of unbranched alkanes of at least 4 members (excludes halogenated alkanes) is 1. The number of nitrogen functional groups attached to an aromatic ring is 1. The highest BCUT2D eigenvalue weighted by Gasteiger charge is 2.10. The van der Waals surface area contributed by atoms with Crippen molar-refractivity contribution in [2.75, 3.05) is 24.0 Å². The van der Waals surface area contributed by atoms with Crippen LogP contribution >= 0.6 is 11.8 Å². The van der Waals surface area contributed by atoms with Gasteiger partial charge in [-0.2, -0.15) is 11.8 Å². The molecule has 18 heavy (non-hydrogen) atoms. The molecule has 0 radical (unpaired) electrons. The Hall–Kier alpha value is -1.27. The second kappa shape index (κ2) is 7.94.